The summed E-state index contributed by atoms with van der Waals surface area (Å²) in [6.45, 7) is 1.85. The van der Waals surface area contributed by atoms with Crippen LogP contribution < -0.4 is 9.47 Å². The molecule has 0 aromatic heterocycles. The van der Waals surface area contributed by atoms with Gasteiger partial charge < -0.3 is 14.4 Å². The molecular weight excluding hydrogens is 354 g/mol. The second kappa shape index (κ2) is 7.86. The predicted octanol–water partition coefficient (Wildman–Crippen LogP) is 2.34. The Hall–Kier alpha value is -1.76. The molecule has 1 saturated heterocycles. The van der Waals surface area contributed by atoms with Crippen LogP contribution in [0.4, 0.5) is 0 Å². The van der Waals surface area contributed by atoms with Crippen molar-refractivity contribution in [2.45, 2.75) is 51.1 Å². The molecule has 1 aliphatic carbocycles. The van der Waals surface area contributed by atoms with Crippen LogP contribution in [0.3, 0.4) is 0 Å². The van der Waals surface area contributed by atoms with Crippen molar-refractivity contribution in [2.24, 2.45) is 0 Å². The zero-order valence-corrected chi connectivity index (χ0v) is 16.3. The van der Waals surface area contributed by atoms with Gasteiger partial charge in [0.1, 0.15) is 0 Å². The maximum absolute atomic E-state index is 12.9. The predicted molar refractivity (Wildman–Crippen MR) is 99.4 cm³/mol. The van der Waals surface area contributed by atoms with Gasteiger partial charge in [-0.15, -0.1) is 0 Å². The van der Waals surface area contributed by atoms with Crippen molar-refractivity contribution in [3.05, 3.63) is 23.8 Å². The molecular formula is C19H27NO5S. The third-order valence-electron chi connectivity index (χ3n) is 5.28. The van der Waals surface area contributed by atoms with E-state index in [0.29, 0.717) is 17.9 Å². The molecule has 26 heavy (non-hydrogen) atoms. The maximum atomic E-state index is 12.9. The second-order valence-electron chi connectivity index (χ2n) is 7.24. The van der Waals surface area contributed by atoms with E-state index in [4.69, 9.17) is 9.47 Å². The van der Waals surface area contributed by atoms with Crippen LogP contribution in [0.5, 0.6) is 11.5 Å². The van der Waals surface area contributed by atoms with Crippen LogP contribution in [0.1, 0.15) is 37.7 Å². The number of amides is 1. The largest absolute Gasteiger partial charge is 0.493 e. The molecule has 6 nitrogen and oxygen atoms in total. The number of hydrogen-bond donors (Lipinski definition) is 0. The molecule has 0 spiro atoms. The maximum Gasteiger partial charge on any atom is 0.261 e. The molecule has 1 aliphatic heterocycles. The highest BCUT2D eigenvalue weighted by Crippen LogP contribution is 2.31. The van der Waals surface area contributed by atoms with Gasteiger partial charge in [-0.2, -0.15) is 0 Å². The average molecular weight is 381 g/mol. The highest BCUT2D eigenvalue weighted by molar-refractivity contribution is 7.91. The third kappa shape index (κ3) is 4.31. The molecule has 2 aliphatic rings. The highest BCUT2D eigenvalue weighted by Gasteiger charge is 2.39. The van der Waals surface area contributed by atoms with Crippen molar-refractivity contribution in [3.63, 3.8) is 0 Å². The van der Waals surface area contributed by atoms with E-state index < -0.39 is 9.84 Å². The lowest BCUT2D eigenvalue weighted by Gasteiger charge is -2.34. The SMILES string of the molecule is COc1cc(C)ccc1OCC(=O)N(C1CCCC1)[C@H]1CCS(=O)(=O)C1. The van der Waals surface area contributed by atoms with Crippen LogP contribution in [0.2, 0.25) is 0 Å². The number of ether oxygens (including phenoxy) is 2. The number of nitrogens with zero attached hydrogens (tertiary/aromatic N) is 1. The van der Waals surface area contributed by atoms with Crippen molar-refractivity contribution in [1.29, 1.82) is 0 Å². The molecule has 0 unspecified atom stereocenters. The summed E-state index contributed by atoms with van der Waals surface area (Å²) in [5.41, 5.74) is 1.05. The Morgan fingerprint density at radius 2 is 1.88 bits per heavy atom. The molecule has 0 bridgehead atoms. The zero-order valence-electron chi connectivity index (χ0n) is 15.4. The topological polar surface area (TPSA) is 72.9 Å². The van der Waals surface area contributed by atoms with Gasteiger partial charge in [-0.05, 0) is 43.9 Å². The molecule has 2 fully saturated rings. The summed E-state index contributed by atoms with van der Waals surface area (Å²) in [6.07, 6.45) is 4.58. The Labute approximate surface area is 155 Å². The Kier molecular flexibility index (Phi) is 5.75. The van der Waals surface area contributed by atoms with Gasteiger partial charge in [-0.25, -0.2) is 8.42 Å². The molecule has 3 rings (SSSR count). The van der Waals surface area contributed by atoms with Crippen molar-refractivity contribution >= 4 is 15.7 Å². The van der Waals surface area contributed by atoms with Crippen LogP contribution in [0, 0.1) is 6.92 Å². The molecule has 0 radical (unpaired) electrons. The van der Waals surface area contributed by atoms with Gasteiger partial charge in [-0.3, -0.25) is 4.79 Å². The van der Waals surface area contributed by atoms with E-state index >= 15 is 0 Å². The standard InChI is InChI=1S/C19H27NO5S/c1-14-7-8-17(18(11-14)24-2)25-12-19(21)20(15-5-3-4-6-15)16-9-10-26(22,23)13-16/h7-8,11,15-16H,3-6,9-10,12-13H2,1-2H3/t16-/m0/s1. The second-order valence-corrected chi connectivity index (χ2v) is 9.47. The van der Waals surface area contributed by atoms with Crippen LogP contribution in [-0.4, -0.2) is 56.5 Å². The van der Waals surface area contributed by atoms with Crippen LogP contribution in [0.25, 0.3) is 0 Å². The first-order valence-corrected chi connectivity index (χ1v) is 11.0. The lowest BCUT2D eigenvalue weighted by Crippen LogP contribution is -2.48. The smallest absolute Gasteiger partial charge is 0.261 e. The molecule has 0 N–H and O–H groups in total. The van der Waals surface area contributed by atoms with Gasteiger partial charge >= 0.3 is 0 Å². The highest BCUT2D eigenvalue weighted by atomic mass is 32.2. The fourth-order valence-electron chi connectivity index (χ4n) is 3.99. The summed E-state index contributed by atoms with van der Waals surface area (Å²) in [4.78, 5) is 14.7. The lowest BCUT2D eigenvalue weighted by atomic mass is 10.1. The molecule has 7 heteroatoms. The Morgan fingerprint density at radius 3 is 2.50 bits per heavy atom. The Bertz CT molecular complexity index is 755. The number of benzene rings is 1. The zero-order chi connectivity index (χ0) is 18.7. The number of sulfone groups is 1. The molecule has 1 atom stereocenters. The number of rotatable bonds is 6. The molecule has 1 aromatic rings. The van der Waals surface area contributed by atoms with Crippen molar-refractivity contribution < 1.29 is 22.7 Å². The number of carbonyl (C=O) groups is 1. The first-order chi connectivity index (χ1) is 12.4. The van der Waals surface area contributed by atoms with E-state index in [1.807, 2.05) is 19.1 Å². The molecule has 1 amide bonds. The first-order valence-electron chi connectivity index (χ1n) is 9.18. The molecule has 1 heterocycles. The number of hydrogen-bond acceptors (Lipinski definition) is 5. The number of carbonyl (C=O) groups excluding carboxylic acids is 1. The number of methoxy groups -OCH3 is 1. The minimum absolute atomic E-state index is 0.0725. The van der Waals surface area contributed by atoms with Gasteiger partial charge in [0.15, 0.2) is 27.9 Å². The summed E-state index contributed by atoms with van der Waals surface area (Å²) in [5.74, 6) is 1.22. The summed E-state index contributed by atoms with van der Waals surface area (Å²) in [7, 11) is -1.47. The van der Waals surface area contributed by atoms with Gasteiger partial charge in [0.25, 0.3) is 5.91 Å². The minimum Gasteiger partial charge on any atom is -0.493 e. The fraction of sp³-hybridized carbons (Fsp3) is 0.632. The van der Waals surface area contributed by atoms with E-state index in [-0.39, 0.29) is 36.1 Å². The molecule has 1 saturated carbocycles. The van der Waals surface area contributed by atoms with E-state index in [9.17, 15) is 13.2 Å². The van der Waals surface area contributed by atoms with E-state index in [2.05, 4.69) is 0 Å². The van der Waals surface area contributed by atoms with E-state index in [1.165, 1.54) is 0 Å². The van der Waals surface area contributed by atoms with Crippen LogP contribution in [0.15, 0.2) is 18.2 Å². The lowest BCUT2D eigenvalue weighted by molar-refractivity contribution is -0.137. The van der Waals surface area contributed by atoms with Gasteiger partial charge in [-0.1, -0.05) is 18.9 Å². The summed E-state index contributed by atoms with van der Waals surface area (Å²) in [5, 5.41) is 0. The van der Waals surface area contributed by atoms with Crippen molar-refractivity contribution in [1.82, 2.24) is 4.90 Å². The van der Waals surface area contributed by atoms with Gasteiger partial charge in [0.05, 0.1) is 18.6 Å². The fourth-order valence-corrected chi connectivity index (χ4v) is 5.70. The Morgan fingerprint density at radius 1 is 1.15 bits per heavy atom. The molecule has 144 valence electrons. The van der Waals surface area contributed by atoms with E-state index in [0.717, 1.165) is 31.2 Å². The number of aryl methyl sites for hydroxylation is 1. The summed E-state index contributed by atoms with van der Waals surface area (Å²) < 4.78 is 34.8. The van der Waals surface area contributed by atoms with Gasteiger partial charge in [0, 0.05) is 12.1 Å². The first kappa shape index (κ1) is 19.0. The Balaban J connectivity index is 1.71. The van der Waals surface area contributed by atoms with Crippen molar-refractivity contribution in [2.75, 3.05) is 25.2 Å². The monoisotopic (exact) mass is 381 g/mol. The van der Waals surface area contributed by atoms with E-state index in [1.54, 1.807) is 18.1 Å². The van der Waals surface area contributed by atoms with Gasteiger partial charge in [0.2, 0.25) is 0 Å². The third-order valence-corrected chi connectivity index (χ3v) is 7.03. The summed E-state index contributed by atoms with van der Waals surface area (Å²) in [6, 6.07) is 5.46. The normalized spacial score (nSPS) is 22.3. The minimum atomic E-state index is -3.04. The van der Waals surface area contributed by atoms with Crippen LogP contribution >= 0.6 is 0 Å². The molecule has 1 aromatic carbocycles. The summed E-state index contributed by atoms with van der Waals surface area (Å²) >= 11 is 0. The van der Waals surface area contributed by atoms with Crippen molar-refractivity contribution in [3.8, 4) is 11.5 Å². The van der Waals surface area contributed by atoms with Crippen LogP contribution in [-0.2, 0) is 14.6 Å². The average Bonchev–Trinajstić information content (AvgIpc) is 3.24. The quantitative estimate of drug-likeness (QED) is 0.756.